The maximum atomic E-state index is 14.1. The van der Waals surface area contributed by atoms with E-state index in [1.54, 1.807) is 6.92 Å². The van der Waals surface area contributed by atoms with Crippen LogP contribution in [0.15, 0.2) is 34.2 Å². The van der Waals surface area contributed by atoms with E-state index in [1.807, 2.05) is 28.8 Å². The number of benzene rings is 1. The van der Waals surface area contributed by atoms with Gasteiger partial charge in [0.2, 0.25) is 5.71 Å². The molecule has 9 nitrogen and oxygen atoms in total. The highest BCUT2D eigenvalue weighted by Gasteiger charge is 2.46. The van der Waals surface area contributed by atoms with Gasteiger partial charge in [0.05, 0.1) is 30.9 Å². The van der Waals surface area contributed by atoms with Crippen molar-refractivity contribution in [2.24, 2.45) is 17.0 Å². The number of carbonyl (C=O) groups is 1. The highest BCUT2D eigenvalue weighted by molar-refractivity contribution is 6.42. The minimum Gasteiger partial charge on any atom is -0.461 e. The molecular formula is C30H40N4O5. The molecule has 4 fully saturated rings. The van der Waals surface area contributed by atoms with E-state index in [2.05, 4.69) is 15.0 Å². The van der Waals surface area contributed by atoms with Gasteiger partial charge in [-0.05, 0) is 63.0 Å². The zero-order valence-corrected chi connectivity index (χ0v) is 23.1. The lowest BCUT2D eigenvalue weighted by Crippen LogP contribution is -2.62. The summed E-state index contributed by atoms with van der Waals surface area (Å²) in [6.45, 7) is 3.27. The van der Waals surface area contributed by atoms with E-state index in [0.29, 0.717) is 24.8 Å². The number of piperidine rings is 1. The fraction of sp³-hybridized carbons (Fsp3) is 0.667. The number of carbonyl (C=O) groups excluding carboxylic acids is 1. The molecule has 2 saturated carbocycles. The van der Waals surface area contributed by atoms with Crippen molar-refractivity contribution in [3.8, 4) is 0 Å². The van der Waals surface area contributed by atoms with Crippen molar-refractivity contribution in [3.63, 3.8) is 0 Å². The molecule has 4 bridgehead atoms. The van der Waals surface area contributed by atoms with Crippen molar-refractivity contribution in [2.45, 2.75) is 88.9 Å². The molecule has 3 heterocycles. The van der Waals surface area contributed by atoms with Gasteiger partial charge in [0.15, 0.2) is 5.69 Å². The topological polar surface area (TPSA) is 95.2 Å². The third kappa shape index (κ3) is 5.11. The quantitative estimate of drug-likeness (QED) is 0.312. The van der Waals surface area contributed by atoms with Crippen molar-refractivity contribution in [1.29, 1.82) is 0 Å². The van der Waals surface area contributed by atoms with Crippen LogP contribution in [0.4, 0.5) is 0 Å². The van der Waals surface area contributed by atoms with Crippen LogP contribution in [0.25, 0.3) is 11.0 Å². The molecule has 0 N–H and O–H groups in total. The molecule has 2 saturated heterocycles. The van der Waals surface area contributed by atoms with Crippen molar-refractivity contribution in [1.82, 2.24) is 14.5 Å². The zero-order valence-electron chi connectivity index (χ0n) is 23.1. The Labute approximate surface area is 229 Å². The number of fused-ring (bicyclic) bond motifs is 5. The molecule has 0 radical (unpaired) electrons. The average Bonchev–Trinajstić information content (AvgIpc) is 3.10. The molecule has 9 heteroatoms. The lowest BCUT2D eigenvalue weighted by atomic mass is 9.75. The molecule has 0 amide bonds. The molecule has 210 valence electrons. The van der Waals surface area contributed by atoms with E-state index in [4.69, 9.17) is 14.3 Å². The average molecular weight is 537 g/mol. The summed E-state index contributed by atoms with van der Waals surface area (Å²) in [6.07, 6.45) is 11.2. The van der Waals surface area contributed by atoms with Gasteiger partial charge in [-0.3, -0.25) is 9.69 Å². The standard InChI is InChI=1S/C30H40N4O5/c1-3-39-30(36)28(32-37-2)27-29(35)34(26-11-7-6-10-25(26)31-27)22-15-23-17-38-18-24(16-22)33(23)21-13-19-8-4-5-9-20(12-19)14-21/h6-7,10-11,19-24H,3-5,8-9,12-18H2,1-2H3. The fourth-order valence-electron chi connectivity index (χ4n) is 7.97. The van der Waals surface area contributed by atoms with E-state index >= 15 is 0 Å². The van der Waals surface area contributed by atoms with Crippen molar-refractivity contribution in [2.75, 3.05) is 26.9 Å². The second-order valence-electron chi connectivity index (χ2n) is 11.8. The van der Waals surface area contributed by atoms with Gasteiger partial charge >= 0.3 is 5.97 Å². The normalized spacial score (nSPS) is 31.5. The smallest absolute Gasteiger partial charge is 0.362 e. The van der Waals surface area contributed by atoms with E-state index < -0.39 is 5.97 Å². The lowest BCUT2D eigenvalue weighted by molar-refractivity contribution is -0.135. The summed E-state index contributed by atoms with van der Waals surface area (Å²) in [5, 5.41) is 3.87. The SMILES string of the molecule is CCOC(=O)C(=NOC)c1nc2ccccc2n(C2CC3COCC(C2)N3C2CC3CCCCC(C3)C2)c1=O. The second kappa shape index (κ2) is 11.4. The summed E-state index contributed by atoms with van der Waals surface area (Å²) in [5.41, 5.74) is 0.843. The highest BCUT2D eigenvalue weighted by Crippen LogP contribution is 2.44. The third-order valence-electron chi connectivity index (χ3n) is 9.36. The van der Waals surface area contributed by atoms with E-state index in [9.17, 15) is 9.59 Å². The first kappa shape index (κ1) is 26.4. The van der Waals surface area contributed by atoms with E-state index in [0.717, 1.165) is 30.2 Å². The van der Waals surface area contributed by atoms with Gasteiger partial charge in [0.25, 0.3) is 5.56 Å². The molecule has 2 aliphatic heterocycles. The van der Waals surface area contributed by atoms with Crippen LogP contribution in [0.5, 0.6) is 0 Å². The molecule has 0 spiro atoms. The van der Waals surface area contributed by atoms with Crippen LogP contribution in [0.2, 0.25) is 0 Å². The number of hydrogen-bond donors (Lipinski definition) is 0. The molecule has 1 aromatic heterocycles. The van der Waals surface area contributed by atoms with Crippen LogP contribution in [-0.4, -0.2) is 71.2 Å². The number of oxime groups is 1. The van der Waals surface area contributed by atoms with Crippen LogP contribution in [0, 0.1) is 11.8 Å². The van der Waals surface area contributed by atoms with Crippen LogP contribution in [0.1, 0.15) is 76.4 Å². The Morgan fingerprint density at radius 3 is 2.36 bits per heavy atom. The Balaban J connectivity index is 1.36. The molecule has 4 atom stereocenters. The molecule has 6 rings (SSSR count). The number of aromatic nitrogens is 2. The lowest BCUT2D eigenvalue weighted by Gasteiger charge is -2.54. The Morgan fingerprint density at radius 1 is 1.00 bits per heavy atom. The summed E-state index contributed by atoms with van der Waals surface area (Å²) in [4.78, 5) is 39.1. The van der Waals surface area contributed by atoms with Gasteiger partial charge in [0.1, 0.15) is 7.11 Å². The van der Waals surface area contributed by atoms with Crippen LogP contribution < -0.4 is 5.56 Å². The Kier molecular flexibility index (Phi) is 7.71. The first-order valence-corrected chi connectivity index (χ1v) is 14.7. The summed E-state index contributed by atoms with van der Waals surface area (Å²) in [7, 11) is 1.34. The molecule has 2 aliphatic carbocycles. The fourth-order valence-corrected chi connectivity index (χ4v) is 7.97. The monoisotopic (exact) mass is 536 g/mol. The molecular weight excluding hydrogens is 496 g/mol. The van der Waals surface area contributed by atoms with Gasteiger partial charge in [0, 0.05) is 24.2 Å². The van der Waals surface area contributed by atoms with Crippen molar-refractivity contribution in [3.05, 3.63) is 40.3 Å². The molecule has 4 aliphatic rings. The van der Waals surface area contributed by atoms with Crippen LogP contribution in [-0.2, 0) is 19.1 Å². The van der Waals surface area contributed by atoms with Crippen LogP contribution in [0.3, 0.4) is 0 Å². The summed E-state index contributed by atoms with van der Waals surface area (Å²) < 4.78 is 13.1. The predicted molar refractivity (Wildman–Crippen MR) is 148 cm³/mol. The Morgan fingerprint density at radius 2 is 1.69 bits per heavy atom. The minimum absolute atomic E-state index is 0.0313. The Hall–Kier alpha value is -2.78. The van der Waals surface area contributed by atoms with Gasteiger partial charge in [-0.25, -0.2) is 9.78 Å². The van der Waals surface area contributed by atoms with Gasteiger partial charge < -0.3 is 18.9 Å². The second-order valence-corrected chi connectivity index (χ2v) is 11.8. The summed E-state index contributed by atoms with van der Waals surface area (Å²) >= 11 is 0. The highest BCUT2D eigenvalue weighted by atomic mass is 16.6. The number of para-hydroxylation sites is 2. The number of rotatable bonds is 6. The number of nitrogens with zero attached hydrogens (tertiary/aromatic N) is 4. The van der Waals surface area contributed by atoms with Gasteiger partial charge in [-0.2, -0.15) is 0 Å². The molecule has 39 heavy (non-hydrogen) atoms. The number of esters is 1. The minimum atomic E-state index is -0.718. The Bertz CT molecular complexity index is 1260. The van der Waals surface area contributed by atoms with Gasteiger partial charge in [-0.1, -0.05) is 43.0 Å². The molecule has 1 aromatic carbocycles. The van der Waals surface area contributed by atoms with Crippen molar-refractivity contribution < 1.29 is 19.1 Å². The third-order valence-corrected chi connectivity index (χ3v) is 9.36. The number of ether oxygens (including phenoxy) is 2. The predicted octanol–water partition coefficient (Wildman–Crippen LogP) is 4.07. The first-order chi connectivity index (χ1) is 19.1. The molecule has 4 unspecified atom stereocenters. The maximum Gasteiger partial charge on any atom is 0.362 e. The summed E-state index contributed by atoms with van der Waals surface area (Å²) in [6, 6.07) is 8.74. The zero-order chi connectivity index (χ0) is 26.9. The summed E-state index contributed by atoms with van der Waals surface area (Å²) in [5.74, 6) is 0.988. The van der Waals surface area contributed by atoms with Crippen molar-refractivity contribution >= 4 is 22.7 Å². The van der Waals surface area contributed by atoms with Crippen LogP contribution >= 0.6 is 0 Å². The largest absolute Gasteiger partial charge is 0.461 e. The maximum absolute atomic E-state index is 14.1. The molecule has 2 aromatic rings. The van der Waals surface area contributed by atoms with Gasteiger partial charge in [-0.15, -0.1) is 0 Å². The number of morpholine rings is 1. The first-order valence-electron chi connectivity index (χ1n) is 14.7. The van der Waals surface area contributed by atoms with E-state index in [1.165, 1.54) is 52.1 Å². The van der Waals surface area contributed by atoms with E-state index in [-0.39, 0.29) is 41.7 Å². The number of hydrogen-bond acceptors (Lipinski definition) is 8.